The molecule has 1 N–H and O–H groups in total. The largest absolute Gasteiger partial charge is 0.385 e. The van der Waals surface area contributed by atoms with Gasteiger partial charge in [0, 0.05) is 38.1 Å². The van der Waals surface area contributed by atoms with Gasteiger partial charge in [-0.3, -0.25) is 9.78 Å². The number of pyridine rings is 1. The van der Waals surface area contributed by atoms with E-state index >= 15 is 0 Å². The topological polar surface area (TPSA) is 48.5 Å². The zero-order valence-electron chi connectivity index (χ0n) is 12.6. The molecule has 5 heteroatoms. The molecule has 0 saturated carbocycles. The molecule has 1 aromatic heterocycles. The maximum Gasteiger partial charge on any atom is 0.272 e. The number of carbonyl (C=O) groups is 1. The second-order valence-corrected chi connectivity index (χ2v) is 5.42. The third-order valence-electron chi connectivity index (χ3n) is 3.86. The zero-order valence-corrected chi connectivity index (χ0v) is 12.6. The average molecular weight is 276 g/mol. The highest BCUT2D eigenvalue weighted by atomic mass is 16.2. The molecule has 1 unspecified atom stereocenters. The summed E-state index contributed by atoms with van der Waals surface area (Å²) in [4.78, 5) is 20.7. The van der Waals surface area contributed by atoms with Crippen LogP contribution in [-0.4, -0.2) is 60.5 Å². The number of carbonyl (C=O) groups excluding carboxylic acids is 1. The highest BCUT2D eigenvalue weighted by Gasteiger charge is 2.24. The maximum absolute atomic E-state index is 12.4. The van der Waals surface area contributed by atoms with Gasteiger partial charge in [0.25, 0.3) is 5.91 Å². The highest BCUT2D eigenvalue weighted by molar-refractivity contribution is 5.93. The quantitative estimate of drug-likeness (QED) is 0.889. The van der Waals surface area contributed by atoms with Gasteiger partial charge in [0.15, 0.2) is 0 Å². The van der Waals surface area contributed by atoms with Crippen LogP contribution in [0.4, 0.5) is 5.69 Å². The molecule has 1 saturated heterocycles. The van der Waals surface area contributed by atoms with Crippen molar-refractivity contribution in [1.29, 1.82) is 0 Å². The van der Waals surface area contributed by atoms with Gasteiger partial charge in [0.05, 0.1) is 0 Å². The van der Waals surface area contributed by atoms with Gasteiger partial charge in [-0.1, -0.05) is 0 Å². The molecule has 0 spiro atoms. The molecule has 2 heterocycles. The standard InChI is InChI=1S/C15H24N4O/c1-4-16-12-7-8-17-14(10-12)15(20)19(3)11-13-6-5-9-18(13)2/h7-8,10,13H,4-6,9,11H2,1-3H3,(H,16,17). The van der Waals surface area contributed by atoms with Gasteiger partial charge < -0.3 is 15.1 Å². The molecule has 5 nitrogen and oxygen atoms in total. The van der Waals surface area contributed by atoms with Crippen molar-refractivity contribution in [3.63, 3.8) is 0 Å². The molecule has 0 aromatic carbocycles. The number of nitrogens with one attached hydrogen (secondary N) is 1. The molecule has 1 atom stereocenters. The van der Waals surface area contributed by atoms with Crippen LogP contribution in [0.25, 0.3) is 0 Å². The van der Waals surface area contributed by atoms with Crippen LogP contribution < -0.4 is 5.32 Å². The van der Waals surface area contributed by atoms with Gasteiger partial charge in [-0.05, 0) is 45.5 Å². The third-order valence-corrected chi connectivity index (χ3v) is 3.86. The van der Waals surface area contributed by atoms with Crippen LogP contribution in [0.1, 0.15) is 30.3 Å². The Morgan fingerprint density at radius 1 is 1.60 bits per heavy atom. The molecule has 1 fully saturated rings. The van der Waals surface area contributed by atoms with E-state index < -0.39 is 0 Å². The number of hydrogen-bond donors (Lipinski definition) is 1. The van der Waals surface area contributed by atoms with Crippen molar-refractivity contribution in [3.05, 3.63) is 24.0 Å². The summed E-state index contributed by atoms with van der Waals surface area (Å²) in [5, 5.41) is 3.20. The first-order valence-corrected chi connectivity index (χ1v) is 7.27. The van der Waals surface area contributed by atoms with Crippen molar-refractivity contribution in [2.24, 2.45) is 0 Å². The first-order valence-electron chi connectivity index (χ1n) is 7.27. The fraction of sp³-hybridized carbons (Fsp3) is 0.600. The van der Waals surface area contributed by atoms with Crippen LogP contribution in [0.15, 0.2) is 18.3 Å². The first-order chi connectivity index (χ1) is 9.61. The van der Waals surface area contributed by atoms with E-state index in [1.165, 1.54) is 12.8 Å². The minimum atomic E-state index is -0.00921. The fourth-order valence-corrected chi connectivity index (χ4v) is 2.67. The van der Waals surface area contributed by atoms with Crippen LogP contribution in [0.3, 0.4) is 0 Å². The summed E-state index contributed by atoms with van der Waals surface area (Å²) in [7, 11) is 3.98. The minimum absolute atomic E-state index is 0.00921. The van der Waals surface area contributed by atoms with E-state index in [2.05, 4.69) is 22.2 Å². The third kappa shape index (κ3) is 3.48. The lowest BCUT2D eigenvalue weighted by atomic mass is 10.2. The number of likely N-dealkylation sites (N-methyl/N-ethyl adjacent to an activating group) is 2. The minimum Gasteiger partial charge on any atom is -0.385 e. The molecule has 1 aromatic rings. The summed E-state index contributed by atoms with van der Waals surface area (Å²) in [6, 6.07) is 4.17. The normalized spacial score (nSPS) is 19.1. The van der Waals surface area contributed by atoms with E-state index in [4.69, 9.17) is 0 Å². The first kappa shape index (κ1) is 14.8. The molecule has 110 valence electrons. The molecule has 1 aliphatic rings. The lowest BCUT2D eigenvalue weighted by Crippen LogP contribution is -2.39. The van der Waals surface area contributed by atoms with Gasteiger partial charge in [-0.2, -0.15) is 0 Å². The Morgan fingerprint density at radius 3 is 3.05 bits per heavy atom. The summed E-state index contributed by atoms with van der Waals surface area (Å²) >= 11 is 0. The van der Waals surface area contributed by atoms with Gasteiger partial charge >= 0.3 is 0 Å². The predicted molar refractivity (Wildman–Crippen MR) is 81.0 cm³/mol. The van der Waals surface area contributed by atoms with Gasteiger partial charge in [0.1, 0.15) is 5.69 Å². The Kier molecular flexibility index (Phi) is 4.95. The van der Waals surface area contributed by atoms with Crippen molar-refractivity contribution >= 4 is 11.6 Å². The molecule has 1 amide bonds. The van der Waals surface area contributed by atoms with Crippen molar-refractivity contribution in [1.82, 2.24) is 14.8 Å². The smallest absolute Gasteiger partial charge is 0.272 e. The number of amides is 1. The Morgan fingerprint density at radius 2 is 2.40 bits per heavy atom. The highest BCUT2D eigenvalue weighted by Crippen LogP contribution is 2.16. The Hall–Kier alpha value is -1.62. The van der Waals surface area contributed by atoms with E-state index in [0.717, 1.165) is 25.3 Å². The number of anilines is 1. The van der Waals surface area contributed by atoms with Gasteiger partial charge in [-0.15, -0.1) is 0 Å². The lowest BCUT2D eigenvalue weighted by Gasteiger charge is -2.25. The molecular weight excluding hydrogens is 252 g/mol. The zero-order chi connectivity index (χ0) is 14.5. The van der Waals surface area contributed by atoms with E-state index in [1.807, 2.05) is 26.1 Å². The average Bonchev–Trinajstić information content (AvgIpc) is 2.84. The fourth-order valence-electron chi connectivity index (χ4n) is 2.67. The van der Waals surface area contributed by atoms with E-state index in [-0.39, 0.29) is 5.91 Å². The van der Waals surface area contributed by atoms with Crippen LogP contribution in [0.2, 0.25) is 0 Å². The maximum atomic E-state index is 12.4. The van der Waals surface area contributed by atoms with Crippen molar-refractivity contribution in [3.8, 4) is 0 Å². The number of rotatable bonds is 5. The number of aromatic nitrogens is 1. The van der Waals surface area contributed by atoms with Gasteiger partial charge in [0.2, 0.25) is 0 Å². The summed E-state index contributed by atoms with van der Waals surface area (Å²) in [6.45, 7) is 4.76. The molecular formula is C15H24N4O. The number of hydrogen-bond acceptors (Lipinski definition) is 4. The molecule has 0 radical (unpaired) electrons. The summed E-state index contributed by atoms with van der Waals surface area (Å²) < 4.78 is 0. The predicted octanol–water partition coefficient (Wildman–Crippen LogP) is 1.68. The summed E-state index contributed by atoms with van der Waals surface area (Å²) in [5.74, 6) is -0.00921. The Bertz CT molecular complexity index is 463. The van der Waals surface area contributed by atoms with E-state index in [9.17, 15) is 4.79 Å². The Balaban J connectivity index is 2.00. The van der Waals surface area contributed by atoms with Crippen LogP contribution in [0, 0.1) is 0 Å². The monoisotopic (exact) mass is 276 g/mol. The van der Waals surface area contributed by atoms with Crippen LogP contribution >= 0.6 is 0 Å². The number of likely N-dealkylation sites (tertiary alicyclic amines) is 1. The van der Waals surface area contributed by atoms with Crippen LogP contribution in [-0.2, 0) is 0 Å². The summed E-state index contributed by atoms with van der Waals surface area (Å²) in [5.41, 5.74) is 1.45. The SMILES string of the molecule is CCNc1ccnc(C(=O)N(C)CC2CCCN2C)c1. The van der Waals surface area contributed by atoms with E-state index in [1.54, 1.807) is 11.1 Å². The summed E-state index contributed by atoms with van der Waals surface area (Å²) in [6.07, 6.45) is 4.07. The lowest BCUT2D eigenvalue weighted by molar-refractivity contribution is 0.0756. The van der Waals surface area contributed by atoms with Crippen molar-refractivity contribution in [2.75, 3.05) is 39.0 Å². The Labute approximate surface area is 121 Å². The molecule has 1 aliphatic heterocycles. The molecule has 0 aliphatic carbocycles. The van der Waals surface area contributed by atoms with E-state index in [0.29, 0.717) is 11.7 Å². The van der Waals surface area contributed by atoms with Crippen molar-refractivity contribution in [2.45, 2.75) is 25.8 Å². The van der Waals surface area contributed by atoms with Crippen molar-refractivity contribution < 1.29 is 4.79 Å². The van der Waals surface area contributed by atoms with Crippen LogP contribution in [0.5, 0.6) is 0 Å². The van der Waals surface area contributed by atoms with Gasteiger partial charge in [-0.25, -0.2) is 0 Å². The molecule has 2 rings (SSSR count). The number of nitrogens with zero attached hydrogens (tertiary/aromatic N) is 3. The molecule has 20 heavy (non-hydrogen) atoms. The second-order valence-electron chi connectivity index (χ2n) is 5.42. The second kappa shape index (κ2) is 6.70. The molecule has 0 bridgehead atoms.